The van der Waals surface area contributed by atoms with Gasteiger partial charge < -0.3 is 35.0 Å². The van der Waals surface area contributed by atoms with Crippen LogP contribution in [0, 0.1) is 0 Å². The van der Waals surface area contributed by atoms with Gasteiger partial charge in [0.05, 0.1) is 0 Å². The van der Waals surface area contributed by atoms with Gasteiger partial charge in [-0.2, -0.15) is 0 Å². The zero-order valence-electron chi connectivity index (χ0n) is 28.0. The van der Waals surface area contributed by atoms with E-state index < -0.39 is 18.2 Å². The standard InChI is InChI=1S/C35H68O9/c1-2-3-4-5-6-7-8-9-10-11-12-15-20-25-33(39)43-29-31(36)30-44-34(40)26-21-16-13-14-17-22-27-35(41,42)28-23-18-19-24-32(37)38/h31-32,36-38,41-42H,2-30H2,1H3. The minimum atomic E-state index is -1.67. The number of esters is 2. The molecule has 0 aliphatic rings. The molecule has 0 spiro atoms. The topological polar surface area (TPSA) is 154 Å². The van der Waals surface area contributed by atoms with Crippen molar-refractivity contribution >= 4 is 11.9 Å². The predicted molar refractivity (Wildman–Crippen MR) is 174 cm³/mol. The van der Waals surface area contributed by atoms with Gasteiger partial charge in [-0.15, -0.1) is 0 Å². The Morgan fingerprint density at radius 2 is 0.864 bits per heavy atom. The van der Waals surface area contributed by atoms with Crippen molar-refractivity contribution in [3.8, 4) is 0 Å². The maximum atomic E-state index is 11.9. The van der Waals surface area contributed by atoms with Crippen LogP contribution < -0.4 is 0 Å². The van der Waals surface area contributed by atoms with Crippen LogP contribution in [-0.2, 0) is 19.1 Å². The Hall–Kier alpha value is -1.26. The molecular weight excluding hydrogens is 564 g/mol. The third kappa shape index (κ3) is 32.1. The van der Waals surface area contributed by atoms with Gasteiger partial charge in [-0.25, -0.2) is 0 Å². The largest absolute Gasteiger partial charge is 0.463 e. The van der Waals surface area contributed by atoms with Crippen molar-refractivity contribution in [2.45, 2.75) is 198 Å². The van der Waals surface area contributed by atoms with E-state index in [-0.39, 0.29) is 38.0 Å². The molecule has 0 aliphatic heterocycles. The van der Waals surface area contributed by atoms with E-state index in [9.17, 15) is 24.9 Å². The van der Waals surface area contributed by atoms with Gasteiger partial charge >= 0.3 is 11.9 Å². The lowest BCUT2D eigenvalue weighted by Crippen LogP contribution is -2.27. The van der Waals surface area contributed by atoms with Gasteiger partial charge in [0.2, 0.25) is 0 Å². The first-order valence-electron chi connectivity index (χ1n) is 18.0. The Balaban J connectivity index is 3.53. The average molecular weight is 633 g/mol. The summed E-state index contributed by atoms with van der Waals surface area (Å²) in [6, 6.07) is 0. The Bertz CT molecular complexity index is 654. The number of hydrogen-bond acceptors (Lipinski definition) is 9. The van der Waals surface area contributed by atoms with E-state index in [4.69, 9.17) is 19.7 Å². The van der Waals surface area contributed by atoms with E-state index in [1.54, 1.807) is 0 Å². The third-order valence-electron chi connectivity index (χ3n) is 8.11. The lowest BCUT2D eigenvalue weighted by atomic mass is 9.99. The highest BCUT2D eigenvalue weighted by Gasteiger charge is 2.21. The molecule has 0 fully saturated rings. The fourth-order valence-corrected chi connectivity index (χ4v) is 5.28. The Kier molecular flexibility index (Phi) is 29.5. The number of hydrogen-bond donors (Lipinski definition) is 5. The molecule has 0 amide bonds. The summed E-state index contributed by atoms with van der Waals surface area (Å²) >= 11 is 0. The molecule has 1 unspecified atom stereocenters. The van der Waals surface area contributed by atoms with Crippen molar-refractivity contribution in [2.24, 2.45) is 0 Å². The molecule has 0 aliphatic carbocycles. The second-order valence-electron chi connectivity index (χ2n) is 12.7. The molecule has 1 atom stereocenters. The number of carbonyl (C=O) groups is 2. The van der Waals surface area contributed by atoms with Gasteiger partial charge in [0, 0.05) is 25.7 Å². The minimum absolute atomic E-state index is 0.165. The fourth-order valence-electron chi connectivity index (χ4n) is 5.28. The molecule has 262 valence electrons. The van der Waals surface area contributed by atoms with Crippen molar-refractivity contribution in [3.63, 3.8) is 0 Å². The summed E-state index contributed by atoms with van der Waals surface area (Å²) in [5.74, 6) is -2.37. The monoisotopic (exact) mass is 632 g/mol. The summed E-state index contributed by atoms with van der Waals surface area (Å²) in [7, 11) is 0. The zero-order valence-corrected chi connectivity index (χ0v) is 28.0. The van der Waals surface area contributed by atoms with E-state index in [1.807, 2.05) is 0 Å². The van der Waals surface area contributed by atoms with Crippen LogP contribution in [0.5, 0.6) is 0 Å². The number of aliphatic hydroxyl groups excluding tert-OH is 2. The van der Waals surface area contributed by atoms with Gasteiger partial charge in [-0.1, -0.05) is 116 Å². The number of unbranched alkanes of at least 4 members (excludes halogenated alkanes) is 19. The second-order valence-corrected chi connectivity index (χ2v) is 12.7. The molecule has 5 N–H and O–H groups in total. The van der Waals surface area contributed by atoms with Crippen LogP contribution in [0.2, 0.25) is 0 Å². The molecule has 0 rings (SSSR count). The maximum Gasteiger partial charge on any atom is 0.305 e. The highest BCUT2D eigenvalue weighted by molar-refractivity contribution is 5.69. The van der Waals surface area contributed by atoms with Gasteiger partial charge in [-0.05, 0) is 38.5 Å². The molecule has 9 heteroatoms. The second kappa shape index (κ2) is 30.4. The Labute approximate surface area is 268 Å². The smallest absolute Gasteiger partial charge is 0.305 e. The van der Waals surface area contributed by atoms with Crippen LogP contribution >= 0.6 is 0 Å². The number of ether oxygens (including phenoxy) is 2. The molecule has 0 bridgehead atoms. The lowest BCUT2D eigenvalue weighted by Gasteiger charge is -2.21. The van der Waals surface area contributed by atoms with Crippen LogP contribution in [0.25, 0.3) is 0 Å². The zero-order chi connectivity index (χ0) is 32.7. The average Bonchev–Trinajstić information content (AvgIpc) is 2.98. The van der Waals surface area contributed by atoms with Crippen LogP contribution in [0.3, 0.4) is 0 Å². The summed E-state index contributed by atoms with van der Waals surface area (Å²) in [6.07, 6.45) is 22.5. The minimum Gasteiger partial charge on any atom is -0.463 e. The summed E-state index contributed by atoms with van der Waals surface area (Å²) < 4.78 is 10.2. The molecule has 0 saturated carbocycles. The van der Waals surface area contributed by atoms with Gasteiger partial charge in [0.25, 0.3) is 0 Å². The highest BCUT2D eigenvalue weighted by Crippen LogP contribution is 2.21. The van der Waals surface area contributed by atoms with Crippen LogP contribution in [-0.4, -0.2) is 68.9 Å². The van der Waals surface area contributed by atoms with Crippen LogP contribution in [0.15, 0.2) is 0 Å². The first-order valence-corrected chi connectivity index (χ1v) is 18.0. The molecule has 0 aromatic rings. The van der Waals surface area contributed by atoms with Crippen molar-refractivity contribution in [3.05, 3.63) is 0 Å². The number of carbonyl (C=O) groups excluding carboxylic acids is 2. The van der Waals surface area contributed by atoms with E-state index in [2.05, 4.69) is 6.92 Å². The maximum absolute atomic E-state index is 11.9. The van der Waals surface area contributed by atoms with Crippen molar-refractivity contribution in [1.29, 1.82) is 0 Å². The molecule has 9 nitrogen and oxygen atoms in total. The van der Waals surface area contributed by atoms with Crippen molar-refractivity contribution in [1.82, 2.24) is 0 Å². The molecular formula is C35H68O9. The summed E-state index contributed by atoms with van der Waals surface area (Å²) in [5, 5.41) is 47.7. The SMILES string of the molecule is CCCCCCCCCCCCCCCC(=O)OCC(O)COC(=O)CCCCCCCCC(O)(O)CCCCCC(O)O. The molecule has 0 heterocycles. The number of aliphatic hydroxyl groups is 5. The van der Waals surface area contributed by atoms with Crippen LogP contribution in [0.4, 0.5) is 0 Å². The van der Waals surface area contributed by atoms with Gasteiger partial charge in [0.1, 0.15) is 19.3 Å². The van der Waals surface area contributed by atoms with Gasteiger partial charge in [-0.3, -0.25) is 9.59 Å². The van der Waals surface area contributed by atoms with E-state index in [0.29, 0.717) is 44.9 Å². The Morgan fingerprint density at radius 3 is 1.25 bits per heavy atom. The molecule has 0 aromatic carbocycles. The first kappa shape index (κ1) is 42.7. The Morgan fingerprint density at radius 1 is 0.523 bits per heavy atom. The fraction of sp³-hybridized carbons (Fsp3) is 0.943. The molecule has 44 heavy (non-hydrogen) atoms. The van der Waals surface area contributed by atoms with Crippen molar-refractivity contribution in [2.75, 3.05) is 13.2 Å². The van der Waals surface area contributed by atoms with Crippen molar-refractivity contribution < 1.29 is 44.6 Å². The third-order valence-corrected chi connectivity index (χ3v) is 8.11. The highest BCUT2D eigenvalue weighted by atomic mass is 16.6. The predicted octanol–water partition coefficient (Wildman–Crippen LogP) is 6.98. The number of rotatable bonds is 33. The van der Waals surface area contributed by atoms with E-state index >= 15 is 0 Å². The summed E-state index contributed by atoms with van der Waals surface area (Å²) in [5.41, 5.74) is 0. The summed E-state index contributed by atoms with van der Waals surface area (Å²) in [4.78, 5) is 23.8. The molecule has 0 aromatic heterocycles. The van der Waals surface area contributed by atoms with Gasteiger partial charge in [0.15, 0.2) is 12.1 Å². The first-order chi connectivity index (χ1) is 21.2. The molecule has 0 radical (unpaired) electrons. The summed E-state index contributed by atoms with van der Waals surface area (Å²) in [6.45, 7) is 1.90. The quantitative estimate of drug-likeness (QED) is 0.0293. The normalized spacial score (nSPS) is 12.5. The van der Waals surface area contributed by atoms with E-state index in [1.165, 1.54) is 64.2 Å². The van der Waals surface area contributed by atoms with E-state index in [0.717, 1.165) is 51.4 Å². The lowest BCUT2D eigenvalue weighted by molar-refractivity contribution is -0.172. The molecule has 0 saturated heterocycles. The van der Waals surface area contributed by atoms with Crippen LogP contribution in [0.1, 0.15) is 180 Å².